The fourth-order valence-electron chi connectivity index (χ4n) is 3.43. The molecule has 2 nitrogen and oxygen atoms in total. The van der Waals surface area contributed by atoms with Crippen LogP contribution in [0.3, 0.4) is 0 Å². The predicted molar refractivity (Wildman–Crippen MR) is 78.7 cm³/mol. The van der Waals surface area contributed by atoms with Crippen LogP contribution in [0.4, 0.5) is 0 Å². The highest BCUT2D eigenvalue weighted by Crippen LogP contribution is 2.41. The first kappa shape index (κ1) is 16.0. The van der Waals surface area contributed by atoms with E-state index in [-0.39, 0.29) is 11.5 Å². The Morgan fingerprint density at radius 2 is 1.78 bits per heavy atom. The van der Waals surface area contributed by atoms with Gasteiger partial charge in [-0.05, 0) is 37.0 Å². The second-order valence-corrected chi connectivity index (χ2v) is 7.10. The van der Waals surface area contributed by atoms with E-state index in [0.29, 0.717) is 18.0 Å². The molecule has 0 bridgehead atoms. The van der Waals surface area contributed by atoms with E-state index in [1.165, 1.54) is 12.8 Å². The molecule has 0 aromatic rings. The monoisotopic (exact) mass is 255 g/mol. The molecule has 1 aliphatic carbocycles. The van der Waals surface area contributed by atoms with Crippen molar-refractivity contribution in [2.24, 2.45) is 11.3 Å². The van der Waals surface area contributed by atoms with Gasteiger partial charge in [0.05, 0.1) is 6.10 Å². The van der Waals surface area contributed by atoms with Gasteiger partial charge in [0.1, 0.15) is 0 Å². The lowest BCUT2D eigenvalue weighted by molar-refractivity contribution is -0.00789. The summed E-state index contributed by atoms with van der Waals surface area (Å²) in [6.07, 6.45) is 4.50. The fourth-order valence-corrected chi connectivity index (χ4v) is 3.43. The molecular formula is C16H33NO. The molecular weight excluding hydrogens is 222 g/mol. The number of aliphatic hydroxyl groups is 1. The normalized spacial score (nSPS) is 27.7. The van der Waals surface area contributed by atoms with Gasteiger partial charge in [-0.3, -0.25) is 4.90 Å². The maximum atomic E-state index is 10.6. The van der Waals surface area contributed by atoms with Gasteiger partial charge < -0.3 is 5.11 Å². The van der Waals surface area contributed by atoms with Gasteiger partial charge in [-0.15, -0.1) is 0 Å². The van der Waals surface area contributed by atoms with Crippen LogP contribution in [0.5, 0.6) is 0 Å². The smallest absolute Gasteiger partial charge is 0.0746 e. The summed E-state index contributed by atoms with van der Waals surface area (Å²) >= 11 is 0. The number of hydrogen-bond donors (Lipinski definition) is 1. The lowest BCUT2D eigenvalue weighted by Gasteiger charge is -2.40. The molecule has 1 rings (SSSR count). The summed E-state index contributed by atoms with van der Waals surface area (Å²) < 4.78 is 0. The zero-order valence-corrected chi connectivity index (χ0v) is 13.2. The molecule has 2 atom stereocenters. The molecule has 1 saturated carbocycles. The van der Waals surface area contributed by atoms with E-state index in [2.05, 4.69) is 46.4 Å². The van der Waals surface area contributed by atoms with Gasteiger partial charge >= 0.3 is 0 Å². The highest BCUT2D eigenvalue weighted by molar-refractivity contribution is 4.97. The van der Waals surface area contributed by atoms with Crippen molar-refractivity contribution in [1.29, 1.82) is 0 Å². The average Bonchev–Trinajstić information content (AvgIpc) is 2.54. The Hall–Kier alpha value is -0.0800. The van der Waals surface area contributed by atoms with Gasteiger partial charge in [0.2, 0.25) is 0 Å². The van der Waals surface area contributed by atoms with E-state index in [1.54, 1.807) is 0 Å². The van der Waals surface area contributed by atoms with Crippen LogP contribution in [0.1, 0.15) is 67.2 Å². The van der Waals surface area contributed by atoms with Gasteiger partial charge in [0.15, 0.2) is 0 Å². The van der Waals surface area contributed by atoms with Gasteiger partial charge in [-0.25, -0.2) is 0 Å². The van der Waals surface area contributed by atoms with Crippen LogP contribution < -0.4 is 0 Å². The number of aliphatic hydroxyl groups excluding tert-OH is 1. The molecule has 1 N–H and O–H groups in total. The Bertz CT molecular complexity index is 245. The van der Waals surface area contributed by atoms with Crippen LogP contribution in [-0.2, 0) is 0 Å². The Balaban J connectivity index is 2.83. The van der Waals surface area contributed by atoms with Crippen LogP contribution in [0.25, 0.3) is 0 Å². The summed E-state index contributed by atoms with van der Waals surface area (Å²) in [7, 11) is 0. The molecule has 2 heteroatoms. The first-order valence-corrected chi connectivity index (χ1v) is 7.77. The topological polar surface area (TPSA) is 23.5 Å². The van der Waals surface area contributed by atoms with E-state index in [4.69, 9.17) is 0 Å². The second kappa shape index (κ2) is 6.38. The third-order valence-corrected chi connectivity index (χ3v) is 4.66. The summed E-state index contributed by atoms with van der Waals surface area (Å²) in [6.45, 7) is 14.6. The molecule has 0 aliphatic heterocycles. The van der Waals surface area contributed by atoms with E-state index in [0.717, 1.165) is 19.4 Å². The molecule has 108 valence electrons. The largest absolute Gasteiger partial charge is 0.391 e. The Kier molecular flexibility index (Phi) is 5.67. The van der Waals surface area contributed by atoms with E-state index in [1.807, 2.05) is 0 Å². The second-order valence-electron chi connectivity index (χ2n) is 7.10. The van der Waals surface area contributed by atoms with Gasteiger partial charge in [-0.2, -0.15) is 0 Å². The SMILES string of the molecule is CCC(CC)N(CC(C)C)C1CCC(C)(C)C1O. The molecule has 1 aliphatic rings. The first-order valence-electron chi connectivity index (χ1n) is 7.77. The van der Waals surface area contributed by atoms with Crippen molar-refractivity contribution in [3.63, 3.8) is 0 Å². The summed E-state index contributed by atoms with van der Waals surface area (Å²) in [5.41, 5.74) is 0.0892. The number of nitrogens with zero attached hydrogens (tertiary/aromatic N) is 1. The number of hydrogen-bond acceptors (Lipinski definition) is 2. The quantitative estimate of drug-likeness (QED) is 0.782. The minimum atomic E-state index is -0.170. The van der Waals surface area contributed by atoms with Crippen LogP contribution in [0.2, 0.25) is 0 Å². The van der Waals surface area contributed by atoms with E-state index in [9.17, 15) is 5.11 Å². The van der Waals surface area contributed by atoms with E-state index >= 15 is 0 Å². The molecule has 0 radical (unpaired) electrons. The van der Waals surface area contributed by atoms with Crippen molar-refractivity contribution in [2.45, 2.75) is 85.4 Å². The Morgan fingerprint density at radius 1 is 1.22 bits per heavy atom. The molecule has 0 aromatic heterocycles. The Labute approximate surface area is 114 Å². The lowest BCUT2D eigenvalue weighted by atomic mass is 9.88. The van der Waals surface area contributed by atoms with Crippen LogP contribution in [0.15, 0.2) is 0 Å². The molecule has 0 aromatic carbocycles. The predicted octanol–water partition coefficient (Wildman–Crippen LogP) is 3.68. The molecule has 0 saturated heterocycles. The fraction of sp³-hybridized carbons (Fsp3) is 1.00. The molecule has 18 heavy (non-hydrogen) atoms. The maximum Gasteiger partial charge on any atom is 0.0746 e. The summed E-state index contributed by atoms with van der Waals surface area (Å²) in [4.78, 5) is 2.60. The summed E-state index contributed by atoms with van der Waals surface area (Å²) in [5, 5.41) is 10.6. The zero-order valence-electron chi connectivity index (χ0n) is 13.2. The molecule has 0 heterocycles. The zero-order chi connectivity index (χ0) is 13.9. The molecule has 0 spiro atoms. The standard InChI is InChI=1S/C16H33NO/c1-7-13(8-2)17(11-12(3)4)14-9-10-16(5,6)15(14)18/h12-15,18H,7-11H2,1-6H3. The van der Waals surface area contributed by atoms with E-state index < -0.39 is 0 Å². The minimum Gasteiger partial charge on any atom is -0.391 e. The highest BCUT2D eigenvalue weighted by Gasteiger charge is 2.44. The average molecular weight is 255 g/mol. The van der Waals surface area contributed by atoms with Crippen LogP contribution in [-0.4, -0.2) is 34.7 Å². The molecule has 2 unspecified atom stereocenters. The maximum absolute atomic E-state index is 10.6. The summed E-state index contributed by atoms with van der Waals surface area (Å²) in [6, 6.07) is 0.994. The minimum absolute atomic E-state index is 0.0892. The van der Waals surface area contributed by atoms with Gasteiger partial charge in [0, 0.05) is 18.6 Å². The van der Waals surface area contributed by atoms with Crippen molar-refractivity contribution >= 4 is 0 Å². The number of rotatable bonds is 6. The van der Waals surface area contributed by atoms with Crippen molar-refractivity contribution < 1.29 is 5.11 Å². The van der Waals surface area contributed by atoms with Crippen molar-refractivity contribution in [1.82, 2.24) is 4.90 Å². The Morgan fingerprint density at radius 3 is 2.11 bits per heavy atom. The third kappa shape index (κ3) is 3.48. The highest BCUT2D eigenvalue weighted by atomic mass is 16.3. The van der Waals surface area contributed by atoms with Gasteiger partial charge in [0.25, 0.3) is 0 Å². The van der Waals surface area contributed by atoms with Gasteiger partial charge in [-0.1, -0.05) is 41.5 Å². The van der Waals surface area contributed by atoms with Crippen molar-refractivity contribution in [2.75, 3.05) is 6.54 Å². The van der Waals surface area contributed by atoms with Crippen molar-refractivity contribution in [3.8, 4) is 0 Å². The first-order chi connectivity index (χ1) is 8.33. The van der Waals surface area contributed by atoms with Crippen LogP contribution >= 0.6 is 0 Å². The molecule has 1 fully saturated rings. The third-order valence-electron chi connectivity index (χ3n) is 4.66. The summed E-state index contributed by atoms with van der Waals surface area (Å²) in [5.74, 6) is 0.668. The van der Waals surface area contributed by atoms with Crippen molar-refractivity contribution in [3.05, 3.63) is 0 Å². The lowest BCUT2D eigenvalue weighted by Crippen LogP contribution is -2.50. The molecule has 0 amide bonds. The van der Waals surface area contributed by atoms with Crippen LogP contribution in [0, 0.1) is 11.3 Å².